The molecule has 1 aliphatic rings. The number of rotatable bonds is 5. The summed E-state index contributed by atoms with van der Waals surface area (Å²) in [5.74, 6) is 1.49. The molecular weight excluding hydrogens is 547 g/mol. The smallest absolute Gasteiger partial charge is 0.268 e. The molecule has 2 aromatic carbocycles. The third kappa shape index (κ3) is 4.38. The largest absolute Gasteiger partial charge is 0.372 e. The second-order valence-electron chi connectivity index (χ2n) is 9.61. The number of thioether (sulfide) groups is 1. The number of fused-ring (bicyclic) bond motifs is 5. The van der Waals surface area contributed by atoms with Gasteiger partial charge in [-0.15, -0.1) is 21.5 Å². The SMILES string of the molecule is Cc1ccc(-n2c(=O)c3c4c(sc3n3c(SCc5ccc(Cl)c(Cl)c5)nnc23)CO[C@@H](C(C)C)C4)cc1. The van der Waals surface area contributed by atoms with E-state index in [1.165, 1.54) is 0 Å². The van der Waals surface area contributed by atoms with Crippen LogP contribution in [0.25, 0.3) is 21.7 Å². The van der Waals surface area contributed by atoms with Crippen molar-refractivity contribution in [3.05, 3.63) is 84.4 Å². The molecule has 190 valence electrons. The zero-order chi connectivity index (χ0) is 25.8. The summed E-state index contributed by atoms with van der Waals surface area (Å²) < 4.78 is 9.85. The van der Waals surface area contributed by atoms with Gasteiger partial charge in [-0.3, -0.25) is 4.79 Å². The van der Waals surface area contributed by atoms with Crippen molar-refractivity contribution in [1.29, 1.82) is 0 Å². The van der Waals surface area contributed by atoms with Gasteiger partial charge in [-0.2, -0.15) is 0 Å². The van der Waals surface area contributed by atoms with E-state index in [1.54, 1.807) is 33.7 Å². The topological polar surface area (TPSA) is 61.4 Å². The number of thiophene rings is 1. The highest BCUT2D eigenvalue weighted by Crippen LogP contribution is 2.38. The number of benzene rings is 2. The molecule has 0 bridgehead atoms. The fourth-order valence-corrected chi connectivity index (χ4v) is 7.16. The van der Waals surface area contributed by atoms with E-state index in [2.05, 4.69) is 24.0 Å². The van der Waals surface area contributed by atoms with Crippen molar-refractivity contribution in [2.45, 2.75) is 50.8 Å². The van der Waals surface area contributed by atoms with E-state index in [1.807, 2.05) is 47.7 Å². The van der Waals surface area contributed by atoms with Gasteiger partial charge < -0.3 is 4.74 Å². The van der Waals surface area contributed by atoms with Crippen LogP contribution in [0.4, 0.5) is 0 Å². The summed E-state index contributed by atoms with van der Waals surface area (Å²) in [4.78, 5) is 16.1. The first-order valence-corrected chi connectivity index (χ1v) is 14.6. The number of hydrogen-bond acceptors (Lipinski definition) is 6. The van der Waals surface area contributed by atoms with Gasteiger partial charge in [0.05, 0.1) is 33.8 Å². The van der Waals surface area contributed by atoms with Crippen molar-refractivity contribution < 1.29 is 4.74 Å². The predicted molar refractivity (Wildman–Crippen MR) is 152 cm³/mol. The van der Waals surface area contributed by atoms with Crippen LogP contribution in [0.2, 0.25) is 10.0 Å². The summed E-state index contributed by atoms with van der Waals surface area (Å²) in [7, 11) is 0. The van der Waals surface area contributed by atoms with Crippen LogP contribution in [-0.2, 0) is 23.5 Å². The Hall–Kier alpha value is -2.36. The molecule has 0 N–H and O–H groups in total. The van der Waals surface area contributed by atoms with Gasteiger partial charge >= 0.3 is 0 Å². The number of aromatic nitrogens is 4. The molecule has 6 rings (SSSR count). The molecule has 1 atom stereocenters. The molecule has 0 aliphatic carbocycles. The van der Waals surface area contributed by atoms with Crippen LogP contribution in [0.15, 0.2) is 52.4 Å². The van der Waals surface area contributed by atoms with Gasteiger partial charge in [-0.1, -0.05) is 72.6 Å². The van der Waals surface area contributed by atoms with Crippen molar-refractivity contribution in [2.75, 3.05) is 0 Å². The van der Waals surface area contributed by atoms with E-state index >= 15 is 0 Å². The van der Waals surface area contributed by atoms with Gasteiger partial charge in [0.1, 0.15) is 4.83 Å². The first-order valence-electron chi connectivity index (χ1n) is 12.0. The van der Waals surface area contributed by atoms with Gasteiger partial charge in [-0.25, -0.2) is 8.97 Å². The molecule has 0 radical (unpaired) electrons. The van der Waals surface area contributed by atoms with E-state index < -0.39 is 0 Å². The zero-order valence-corrected chi connectivity index (χ0v) is 23.6. The number of nitrogens with zero attached hydrogens (tertiary/aromatic N) is 4. The third-order valence-corrected chi connectivity index (χ3v) is 9.66. The van der Waals surface area contributed by atoms with Crippen LogP contribution in [-0.4, -0.2) is 25.3 Å². The molecule has 0 fully saturated rings. The van der Waals surface area contributed by atoms with E-state index in [0.717, 1.165) is 43.9 Å². The second-order valence-corrected chi connectivity index (χ2v) is 12.5. The molecule has 1 aliphatic heterocycles. The number of ether oxygens (including phenoxy) is 1. The maximum absolute atomic E-state index is 14.1. The Morgan fingerprint density at radius 1 is 1.14 bits per heavy atom. The van der Waals surface area contributed by atoms with E-state index in [-0.39, 0.29) is 11.7 Å². The summed E-state index contributed by atoms with van der Waals surface area (Å²) in [6.45, 7) is 6.85. The minimum atomic E-state index is -0.0679. The minimum Gasteiger partial charge on any atom is -0.372 e. The molecule has 5 aromatic rings. The Bertz CT molecular complexity index is 1710. The van der Waals surface area contributed by atoms with Crippen LogP contribution >= 0.6 is 46.3 Å². The molecule has 3 aromatic heterocycles. The van der Waals surface area contributed by atoms with Crippen LogP contribution in [0.1, 0.15) is 35.4 Å². The lowest BCUT2D eigenvalue weighted by Gasteiger charge is -2.26. The highest BCUT2D eigenvalue weighted by atomic mass is 35.5. The van der Waals surface area contributed by atoms with E-state index in [0.29, 0.717) is 39.3 Å². The maximum Gasteiger partial charge on any atom is 0.268 e. The molecule has 0 saturated heterocycles. The number of aryl methyl sites for hydroxylation is 1. The van der Waals surface area contributed by atoms with Gasteiger partial charge in [-0.05, 0) is 48.2 Å². The molecule has 6 nitrogen and oxygen atoms in total. The number of halogens is 2. The highest BCUT2D eigenvalue weighted by Gasteiger charge is 2.30. The minimum absolute atomic E-state index is 0.0679. The van der Waals surface area contributed by atoms with E-state index in [9.17, 15) is 4.79 Å². The van der Waals surface area contributed by atoms with Crippen molar-refractivity contribution in [2.24, 2.45) is 5.92 Å². The van der Waals surface area contributed by atoms with Gasteiger partial charge in [0.15, 0.2) is 5.16 Å². The van der Waals surface area contributed by atoms with Crippen molar-refractivity contribution in [3.8, 4) is 5.69 Å². The fourth-order valence-electron chi connectivity index (χ4n) is 4.66. The number of hydrogen-bond donors (Lipinski definition) is 0. The molecule has 0 spiro atoms. The molecule has 0 saturated carbocycles. The molecule has 4 heterocycles. The lowest BCUT2D eigenvalue weighted by atomic mass is 9.96. The van der Waals surface area contributed by atoms with Gasteiger partial charge in [0, 0.05) is 17.1 Å². The molecule has 0 amide bonds. The Balaban J connectivity index is 1.56. The quantitative estimate of drug-likeness (QED) is 0.211. The Labute approximate surface area is 232 Å². The summed E-state index contributed by atoms with van der Waals surface area (Å²) in [6, 6.07) is 13.5. The van der Waals surface area contributed by atoms with Gasteiger partial charge in [0.2, 0.25) is 5.78 Å². The molecule has 10 heteroatoms. The normalized spacial score (nSPS) is 15.7. The molecular formula is C27H24Cl2N4O2S2. The Morgan fingerprint density at radius 3 is 2.65 bits per heavy atom. The van der Waals surface area contributed by atoms with Crippen LogP contribution in [0.5, 0.6) is 0 Å². The van der Waals surface area contributed by atoms with Crippen LogP contribution in [0, 0.1) is 12.8 Å². The Kier molecular flexibility index (Phi) is 6.57. The molecule has 0 unspecified atom stereocenters. The second kappa shape index (κ2) is 9.75. The molecule has 37 heavy (non-hydrogen) atoms. The zero-order valence-electron chi connectivity index (χ0n) is 20.5. The standard InChI is InChI=1S/C27H24Cl2N4O2S2/c1-14(2)21-11-18-22(12-35-21)37-25-23(18)24(34)32(17-7-4-15(3)5-8-17)26-30-31-27(33(25)26)36-13-16-6-9-19(28)20(29)10-16/h4-10,14,21H,11-13H2,1-3H3/t21-/m1/s1. The summed E-state index contributed by atoms with van der Waals surface area (Å²) >= 11 is 15.5. The monoisotopic (exact) mass is 570 g/mol. The average Bonchev–Trinajstić information content (AvgIpc) is 3.47. The first-order chi connectivity index (χ1) is 17.8. The van der Waals surface area contributed by atoms with Crippen LogP contribution < -0.4 is 5.56 Å². The maximum atomic E-state index is 14.1. The predicted octanol–water partition coefficient (Wildman–Crippen LogP) is 7.10. The van der Waals surface area contributed by atoms with Gasteiger partial charge in [0.25, 0.3) is 5.56 Å². The lowest BCUT2D eigenvalue weighted by molar-refractivity contribution is 0.00200. The summed E-state index contributed by atoms with van der Waals surface area (Å²) in [6.07, 6.45) is 0.799. The summed E-state index contributed by atoms with van der Waals surface area (Å²) in [5, 5.41) is 11.5. The summed E-state index contributed by atoms with van der Waals surface area (Å²) in [5.41, 5.74) is 3.94. The highest BCUT2D eigenvalue weighted by molar-refractivity contribution is 7.98. The van der Waals surface area contributed by atoms with E-state index in [4.69, 9.17) is 27.9 Å². The average molecular weight is 572 g/mol. The Morgan fingerprint density at radius 2 is 1.92 bits per heavy atom. The van der Waals surface area contributed by atoms with Crippen LogP contribution in [0.3, 0.4) is 0 Å². The first kappa shape index (κ1) is 24.9. The van der Waals surface area contributed by atoms with Crippen molar-refractivity contribution >= 4 is 62.3 Å². The fraction of sp³-hybridized carbons (Fsp3) is 0.296. The lowest BCUT2D eigenvalue weighted by Crippen LogP contribution is -2.28. The van der Waals surface area contributed by atoms with Crippen molar-refractivity contribution in [3.63, 3.8) is 0 Å². The van der Waals surface area contributed by atoms with Crippen molar-refractivity contribution in [1.82, 2.24) is 19.2 Å². The third-order valence-electron chi connectivity index (χ3n) is 6.73.